The predicted octanol–water partition coefficient (Wildman–Crippen LogP) is 3.53. The zero-order valence-corrected chi connectivity index (χ0v) is 14.9. The maximum Gasteiger partial charge on any atom is 0.292 e. The van der Waals surface area contributed by atoms with Crippen molar-refractivity contribution in [2.24, 2.45) is 5.14 Å². The summed E-state index contributed by atoms with van der Waals surface area (Å²) in [4.78, 5) is 21.7. The second-order valence-corrected chi connectivity index (χ2v) is 5.70. The fourth-order valence-corrected chi connectivity index (χ4v) is 2.19. The maximum absolute atomic E-state index is 11.8. The van der Waals surface area contributed by atoms with E-state index in [2.05, 4.69) is 17.0 Å². The molecule has 1 aromatic carbocycles. The molecule has 0 radical (unpaired) electrons. The highest BCUT2D eigenvalue weighted by atomic mass is 32.2. The standard InChI is InChI=1S/C15H24N2OS.C2H4O2/c1-2-3-4-5-6-7-12-17-15(18)13-8-10-14(19-16)11-9-13;1-4-2-3/h8-11H,2-7,12,16H2,1H3,(H,17,18);2H,1H3. The van der Waals surface area contributed by atoms with Crippen molar-refractivity contribution in [3.63, 3.8) is 0 Å². The number of hydrogen-bond donors (Lipinski definition) is 2. The third kappa shape index (κ3) is 11.7. The molecule has 6 heteroatoms. The van der Waals surface area contributed by atoms with Crippen LogP contribution in [-0.4, -0.2) is 26.0 Å². The van der Waals surface area contributed by atoms with E-state index >= 15 is 0 Å². The molecule has 0 spiro atoms. The number of carbonyl (C=O) groups is 2. The van der Waals surface area contributed by atoms with Crippen molar-refractivity contribution >= 4 is 24.3 Å². The quantitative estimate of drug-likeness (QED) is 0.387. The summed E-state index contributed by atoms with van der Waals surface area (Å²) in [5.41, 5.74) is 0.698. The summed E-state index contributed by atoms with van der Waals surface area (Å²) in [5.74, 6) is 0.00197. The highest BCUT2D eigenvalue weighted by Crippen LogP contribution is 2.12. The Bertz CT molecular complexity index is 424. The normalized spacial score (nSPS) is 9.52. The fraction of sp³-hybridized carbons (Fsp3) is 0.529. The third-order valence-corrected chi connectivity index (χ3v) is 3.71. The van der Waals surface area contributed by atoms with Gasteiger partial charge in [0, 0.05) is 17.0 Å². The van der Waals surface area contributed by atoms with Crippen LogP contribution >= 0.6 is 11.9 Å². The van der Waals surface area contributed by atoms with Crippen molar-refractivity contribution in [1.29, 1.82) is 0 Å². The monoisotopic (exact) mass is 340 g/mol. The summed E-state index contributed by atoms with van der Waals surface area (Å²) in [6.07, 6.45) is 7.43. The van der Waals surface area contributed by atoms with Crippen LogP contribution in [0.15, 0.2) is 29.2 Å². The smallest absolute Gasteiger partial charge is 0.292 e. The zero-order valence-electron chi connectivity index (χ0n) is 14.0. The molecule has 0 heterocycles. The number of hydrogen-bond acceptors (Lipinski definition) is 5. The molecule has 3 N–H and O–H groups in total. The van der Waals surface area contributed by atoms with Crippen molar-refractivity contribution in [3.8, 4) is 0 Å². The van der Waals surface area contributed by atoms with Crippen LogP contribution < -0.4 is 10.5 Å². The van der Waals surface area contributed by atoms with Crippen molar-refractivity contribution in [2.75, 3.05) is 13.7 Å². The second kappa shape index (κ2) is 15.4. The van der Waals surface area contributed by atoms with Crippen LogP contribution in [-0.2, 0) is 9.53 Å². The van der Waals surface area contributed by atoms with E-state index in [1.54, 1.807) is 0 Å². The Morgan fingerprint density at radius 1 is 1.17 bits per heavy atom. The van der Waals surface area contributed by atoms with E-state index in [4.69, 9.17) is 9.93 Å². The highest BCUT2D eigenvalue weighted by molar-refractivity contribution is 7.97. The number of ether oxygens (including phenoxy) is 1. The molecule has 0 aromatic heterocycles. The first kappa shape index (κ1) is 21.5. The SMILES string of the molecule is CCCCCCCCNC(=O)c1ccc(SN)cc1.COC=O. The summed E-state index contributed by atoms with van der Waals surface area (Å²) in [7, 11) is 1.31. The van der Waals surface area contributed by atoms with Gasteiger partial charge in [0.1, 0.15) is 0 Å². The van der Waals surface area contributed by atoms with Crippen LogP contribution in [0.25, 0.3) is 0 Å². The predicted molar refractivity (Wildman–Crippen MR) is 95.3 cm³/mol. The highest BCUT2D eigenvalue weighted by Gasteiger charge is 2.04. The van der Waals surface area contributed by atoms with Gasteiger partial charge in [-0.1, -0.05) is 39.0 Å². The van der Waals surface area contributed by atoms with Gasteiger partial charge in [0.2, 0.25) is 0 Å². The number of carbonyl (C=O) groups excluding carboxylic acids is 2. The molecule has 0 saturated heterocycles. The lowest BCUT2D eigenvalue weighted by Gasteiger charge is -2.05. The van der Waals surface area contributed by atoms with E-state index in [0.717, 1.165) is 17.9 Å². The van der Waals surface area contributed by atoms with Crippen LogP contribution in [0.2, 0.25) is 0 Å². The molecule has 1 amide bonds. The summed E-state index contributed by atoms with van der Waals surface area (Å²) < 4.78 is 3.86. The molecule has 0 saturated carbocycles. The molecule has 0 fully saturated rings. The van der Waals surface area contributed by atoms with Gasteiger partial charge in [-0.3, -0.25) is 14.7 Å². The van der Waals surface area contributed by atoms with E-state index in [0.29, 0.717) is 12.0 Å². The van der Waals surface area contributed by atoms with Gasteiger partial charge in [0.15, 0.2) is 0 Å². The van der Waals surface area contributed by atoms with Crippen molar-refractivity contribution in [3.05, 3.63) is 29.8 Å². The number of unbranched alkanes of at least 4 members (excludes halogenated alkanes) is 5. The van der Waals surface area contributed by atoms with Gasteiger partial charge in [0.25, 0.3) is 12.4 Å². The second-order valence-electron chi connectivity index (χ2n) is 5.00. The summed E-state index contributed by atoms with van der Waals surface area (Å²) in [6, 6.07) is 7.35. The maximum atomic E-state index is 11.8. The minimum absolute atomic E-state index is 0.00197. The Morgan fingerprint density at radius 3 is 2.26 bits per heavy atom. The van der Waals surface area contributed by atoms with Gasteiger partial charge in [-0.05, 0) is 42.6 Å². The number of methoxy groups -OCH3 is 1. The molecule has 0 atom stereocenters. The minimum atomic E-state index is 0.00197. The number of benzene rings is 1. The third-order valence-electron chi connectivity index (χ3n) is 3.16. The lowest BCUT2D eigenvalue weighted by molar-refractivity contribution is -0.126. The van der Waals surface area contributed by atoms with Gasteiger partial charge in [0.05, 0.1) is 7.11 Å². The van der Waals surface area contributed by atoms with Crippen LogP contribution in [0.3, 0.4) is 0 Å². The van der Waals surface area contributed by atoms with Crippen LogP contribution in [0.5, 0.6) is 0 Å². The van der Waals surface area contributed by atoms with Gasteiger partial charge >= 0.3 is 0 Å². The van der Waals surface area contributed by atoms with Gasteiger partial charge in [-0.2, -0.15) is 0 Å². The average molecular weight is 340 g/mol. The Morgan fingerprint density at radius 2 is 1.74 bits per heavy atom. The number of rotatable bonds is 10. The van der Waals surface area contributed by atoms with E-state index in [1.807, 2.05) is 24.3 Å². The number of nitrogens with one attached hydrogen (secondary N) is 1. The first-order valence-electron chi connectivity index (χ1n) is 7.91. The Kier molecular flexibility index (Phi) is 14.3. The lowest BCUT2D eigenvalue weighted by atomic mass is 10.1. The van der Waals surface area contributed by atoms with E-state index < -0.39 is 0 Å². The molecular weight excluding hydrogens is 312 g/mol. The Labute approximate surface area is 143 Å². The first-order valence-corrected chi connectivity index (χ1v) is 8.79. The van der Waals surface area contributed by atoms with Crippen LogP contribution in [0, 0.1) is 0 Å². The molecular formula is C17H28N2O3S. The van der Waals surface area contributed by atoms with Gasteiger partial charge in [-0.25, -0.2) is 0 Å². The Balaban J connectivity index is 0.00000108. The summed E-state index contributed by atoms with van der Waals surface area (Å²) in [6.45, 7) is 3.35. The van der Waals surface area contributed by atoms with E-state index in [1.165, 1.54) is 51.2 Å². The number of amides is 1. The molecule has 0 aliphatic rings. The molecule has 0 bridgehead atoms. The van der Waals surface area contributed by atoms with Crippen molar-refractivity contribution < 1.29 is 14.3 Å². The molecule has 0 unspecified atom stereocenters. The Hall–Kier alpha value is -1.53. The lowest BCUT2D eigenvalue weighted by Crippen LogP contribution is -2.24. The van der Waals surface area contributed by atoms with Gasteiger partial charge in [-0.15, -0.1) is 0 Å². The largest absolute Gasteiger partial charge is 0.471 e. The molecule has 5 nitrogen and oxygen atoms in total. The number of nitrogens with two attached hydrogens (primary N) is 1. The molecule has 23 heavy (non-hydrogen) atoms. The molecule has 0 aliphatic carbocycles. The minimum Gasteiger partial charge on any atom is -0.471 e. The van der Waals surface area contributed by atoms with Gasteiger partial charge < -0.3 is 10.1 Å². The zero-order chi connectivity index (χ0) is 17.3. The topological polar surface area (TPSA) is 81.4 Å². The molecule has 130 valence electrons. The van der Waals surface area contributed by atoms with E-state index in [-0.39, 0.29) is 5.91 Å². The van der Waals surface area contributed by atoms with Crippen LogP contribution in [0.4, 0.5) is 0 Å². The fourth-order valence-electron chi connectivity index (χ4n) is 1.89. The molecule has 1 aromatic rings. The van der Waals surface area contributed by atoms with E-state index in [9.17, 15) is 4.79 Å². The summed E-state index contributed by atoms with van der Waals surface area (Å²) in [5, 5.41) is 8.39. The first-order chi connectivity index (χ1) is 11.2. The molecule has 1 rings (SSSR count). The average Bonchev–Trinajstić information content (AvgIpc) is 2.61. The summed E-state index contributed by atoms with van der Waals surface area (Å²) >= 11 is 1.19. The van der Waals surface area contributed by atoms with Crippen molar-refractivity contribution in [2.45, 2.75) is 50.3 Å². The van der Waals surface area contributed by atoms with Crippen LogP contribution in [0.1, 0.15) is 55.8 Å². The molecule has 0 aliphatic heterocycles. The van der Waals surface area contributed by atoms with Crippen molar-refractivity contribution in [1.82, 2.24) is 5.32 Å².